The van der Waals surface area contributed by atoms with Gasteiger partial charge in [-0.05, 0) is 51.2 Å². The molecule has 2 saturated heterocycles. The summed E-state index contributed by atoms with van der Waals surface area (Å²) in [7, 11) is 1.47. The summed E-state index contributed by atoms with van der Waals surface area (Å²) in [5, 5.41) is 0. The summed E-state index contributed by atoms with van der Waals surface area (Å²) in [6.07, 6.45) is 8.73. The lowest BCUT2D eigenvalue weighted by molar-refractivity contribution is -0.141. The van der Waals surface area contributed by atoms with E-state index in [1.807, 2.05) is 0 Å². The van der Waals surface area contributed by atoms with Gasteiger partial charge < -0.3 is 14.5 Å². The van der Waals surface area contributed by atoms with Crippen molar-refractivity contribution in [2.45, 2.75) is 44.9 Å². The standard InChI is InChI=1S/C16H30N2O2/c1-20-16(19)8-12-18-11-6-7-15(14-18)13-17-9-4-2-3-5-10-17/h15H,2-14H2,1H3/t15-/m0/s1. The maximum atomic E-state index is 11.2. The Balaban J connectivity index is 1.70. The second-order valence-corrected chi connectivity index (χ2v) is 6.35. The number of carbonyl (C=O) groups is 1. The Labute approximate surface area is 123 Å². The lowest BCUT2D eigenvalue weighted by Gasteiger charge is -2.35. The molecule has 0 aromatic heterocycles. The molecule has 2 fully saturated rings. The molecule has 0 unspecified atom stereocenters. The molecule has 0 N–H and O–H groups in total. The molecule has 0 aliphatic carbocycles. The van der Waals surface area contributed by atoms with Gasteiger partial charge in [-0.1, -0.05) is 12.8 Å². The van der Waals surface area contributed by atoms with Gasteiger partial charge in [-0.15, -0.1) is 0 Å². The van der Waals surface area contributed by atoms with E-state index in [0.717, 1.165) is 25.6 Å². The Morgan fingerprint density at radius 2 is 1.75 bits per heavy atom. The summed E-state index contributed by atoms with van der Waals surface area (Å²) in [4.78, 5) is 16.3. The molecule has 1 atom stereocenters. The van der Waals surface area contributed by atoms with Crippen LogP contribution in [0.1, 0.15) is 44.9 Å². The molecule has 116 valence electrons. The third-order valence-corrected chi connectivity index (χ3v) is 4.68. The molecular formula is C16H30N2O2. The van der Waals surface area contributed by atoms with E-state index in [1.165, 1.54) is 65.3 Å². The van der Waals surface area contributed by atoms with Crippen LogP contribution < -0.4 is 0 Å². The number of esters is 1. The molecule has 2 rings (SSSR count). The Morgan fingerprint density at radius 3 is 2.45 bits per heavy atom. The van der Waals surface area contributed by atoms with Gasteiger partial charge >= 0.3 is 5.97 Å². The van der Waals surface area contributed by atoms with Gasteiger partial charge in [0.25, 0.3) is 0 Å². The highest BCUT2D eigenvalue weighted by molar-refractivity contribution is 5.69. The number of rotatable bonds is 5. The Hall–Kier alpha value is -0.610. The molecule has 0 radical (unpaired) electrons. The Bertz CT molecular complexity index is 288. The van der Waals surface area contributed by atoms with Crippen LogP contribution in [0.4, 0.5) is 0 Å². The molecule has 0 aromatic rings. The topological polar surface area (TPSA) is 32.8 Å². The van der Waals surface area contributed by atoms with E-state index in [1.54, 1.807) is 0 Å². The SMILES string of the molecule is COC(=O)CCN1CCC[C@@H](CN2CCCCCC2)C1. The first-order chi connectivity index (χ1) is 9.78. The first-order valence-electron chi connectivity index (χ1n) is 8.29. The summed E-state index contributed by atoms with van der Waals surface area (Å²) in [5.41, 5.74) is 0. The van der Waals surface area contributed by atoms with Gasteiger partial charge in [-0.25, -0.2) is 0 Å². The average molecular weight is 282 g/mol. The zero-order chi connectivity index (χ0) is 14.2. The minimum absolute atomic E-state index is 0.0837. The van der Waals surface area contributed by atoms with Gasteiger partial charge in [0, 0.05) is 19.6 Å². The van der Waals surface area contributed by atoms with Crippen LogP contribution in [0.5, 0.6) is 0 Å². The van der Waals surface area contributed by atoms with Crippen molar-refractivity contribution in [3.05, 3.63) is 0 Å². The van der Waals surface area contributed by atoms with Crippen molar-refractivity contribution >= 4 is 5.97 Å². The highest BCUT2D eigenvalue weighted by Gasteiger charge is 2.22. The number of ether oxygens (including phenoxy) is 1. The molecule has 2 aliphatic rings. The van der Waals surface area contributed by atoms with Gasteiger partial charge in [0.05, 0.1) is 13.5 Å². The molecule has 0 spiro atoms. The van der Waals surface area contributed by atoms with Gasteiger partial charge in [0.1, 0.15) is 0 Å². The zero-order valence-corrected chi connectivity index (χ0v) is 13.0. The predicted molar refractivity (Wildman–Crippen MR) is 80.7 cm³/mol. The van der Waals surface area contributed by atoms with Crippen molar-refractivity contribution in [2.75, 3.05) is 46.4 Å². The fraction of sp³-hybridized carbons (Fsp3) is 0.938. The minimum Gasteiger partial charge on any atom is -0.469 e. The zero-order valence-electron chi connectivity index (χ0n) is 13.0. The summed E-state index contributed by atoms with van der Waals surface area (Å²) in [6, 6.07) is 0. The van der Waals surface area contributed by atoms with Crippen molar-refractivity contribution in [1.82, 2.24) is 9.80 Å². The molecule has 20 heavy (non-hydrogen) atoms. The summed E-state index contributed by atoms with van der Waals surface area (Å²) >= 11 is 0. The third kappa shape index (κ3) is 5.41. The second kappa shape index (κ2) is 8.63. The molecule has 0 aromatic carbocycles. The number of likely N-dealkylation sites (tertiary alicyclic amines) is 2. The Morgan fingerprint density at radius 1 is 1.05 bits per heavy atom. The highest BCUT2D eigenvalue weighted by Crippen LogP contribution is 2.19. The monoisotopic (exact) mass is 282 g/mol. The molecule has 0 saturated carbocycles. The van der Waals surface area contributed by atoms with E-state index in [0.29, 0.717) is 6.42 Å². The second-order valence-electron chi connectivity index (χ2n) is 6.35. The van der Waals surface area contributed by atoms with Gasteiger partial charge in [-0.2, -0.15) is 0 Å². The number of hydrogen-bond donors (Lipinski definition) is 0. The smallest absolute Gasteiger partial charge is 0.306 e. The van der Waals surface area contributed by atoms with Crippen LogP contribution in [-0.2, 0) is 9.53 Å². The van der Waals surface area contributed by atoms with E-state index in [-0.39, 0.29) is 5.97 Å². The van der Waals surface area contributed by atoms with Crippen LogP contribution in [0.25, 0.3) is 0 Å². The largest absolute Gasteiger partial charge is 0.469 e. The minimum atomic E-state index is -0.0837. The molecular weight excluding hydrogens is 252 g/mol. The lowest BCUT2D eigenvalue weighted by Crippen LogP contribution is -2.42. The first-order valence-corrected chi connectivity index (χ1v) is 8.29. The van der Waals surface area contributed by atoms with E-state index in [9.17, 15) is 4.79 Å². The number of nitrogens with zero attached hydrogens (tertiary/aromatic N) is 2. The number of piperidine rings is 1. The normalized spacial score (nSPS) is 26.1. The fourth-order valence-corrected chi connectivity index (χ4v) is 3.54. The van der Waals surface area contributed by atoms with Crippen molar-refractivity contribution in [3.63, 3.8) is 0 Å². The van der Waals surface area contributed by atoms with Gasteiger partial charge in [-0.3, -0.25) is 4.79 Å². The van der Waals surface area contributed by atoms with Crippen molar-refractivity contribution in [2.24, 2.45) is 5.92 Å². The van der Waals surface area contributed by atoms with Crippen LogP contribution in [0.2, 0.25) is 0 Å². The lowest BCUT2D eigenvalue weighted by atomic mass is 9.97. The van der Waals surface area contributed by atoms with Gasteiger partial charge in [0.15, 0.2) is 0 Å². The van der Waals surface area contributed by atoms with E-state index < -0.39 is 0 Å². The maximum absolute atomic E-state index is 11.2. The van der Waals surface area contributed by atoms with Crippen LogP contribution >= 0.6 is 0 Å². The van der Waals surface area contributed by atoms with Crippen molar-refractivity contribution < 1.29 is 9.53 Å². The van der Waals surface area contributed by atoms with Crippen molar-refractivity contribution in [1.29, 1.82) is 0 Å². The summed E-state index contributed by atoms with van der Waals surface area (Å²) < 4.78 is 4.73. The summed E-state index contributed by atoms with van der Waals surface area (Å²) in [5.74, 6) is 0.708. The van der Waals surface area contributed by atoms with Crippen LogP contribution in [0.3, 0.4) is 0 Å². The predicted octanol–water partition coefficient (Wildman–Crippen LogP) is 2.14. The number of hydrogen-bond acceptors (Lipinski definition) is 4. The van der Waals surface area contributed by atoms with E-state index >= 15 is 0 Å². The third-order valence-electron chi connectivity index (χ3n) is 4.68. The van der Waals surface area contributed by atoms with Crippen LogP contribution in [-0.4, -0.2) is 62.1 Å². The number of methoxy groups -OCH3 is 1. The van der Waals surface area contributed by atoms with Crippen LogP contribution in [0, 0.1) is 5.92 Å². The molecule has 0 bridgehead atoms. The number of carbonyl (C=O) groups excluding carboxylic acids is 1. The quantitative estimate of drug-likeness (QED) is 0.723. The molecule has 2 heterocycles. The molecule has 4 nitrogen and oxygen atoms in total. The maximum Gasteiger partial charge on any atom is 0.306 e. The summed E-state index contributed by atoms with van der Waals surface area (Å²) in [6.45, 7) is 7.01. The first kappa shape index (κ1) is 15.8. The Kier molecular flexibility index (Phi) is 6.80. The molecule has 4 heteroatoms. The average Bonchev–Trinajstić information content (AvgIpc) is 2.74. The van der Waals surface area contributed by atoms with Crippen LogP contribution in [0.15, 0.2) is 0 Å². The molecule has 2 aliphatic heterocycles. The van der Waals surface area contributed by atoms with Gasteiger partial charge in [0.2, 0.25) is 0 Å². The van der Waals surface area contributed by atoms with Crippen molar-refractivity contribution in [3.8, 4) is 0 Å². The fourth-order valence-electron chi connectivity index (χ4n) is 3.54. The molecule has 0 amide bonds. The van der Waals surface area contributed by atoms with E-state index in [4.69, 9.17) is 4.74 Å². The highest BCUT2D eigenvalue weighted by atomic mass is 16.5. The van der Waals surface area contributed by atoms with E-state index in [2.05, 4.69) is 9.80 Å².